The Kier molecular flexibility index (Phi) is 6.47. The van der Waals surface area contributed by atoms with Crippen LogP contribution in [0.3, 0.4) is 0 Å². The molecule has 0 aliphatic heterocycles. The van der Waals surface area contributed by atoms with Gasteiger partial charge in [0.05, 0.1) is 6.04 Å². The van der Waals surface area contributed by atoms with Gasteiger partial charge >= 0.3 is 0 Å². The number of ether oxygens (including phenoxy) is 1. The average Bonchev–Trinajstić information content (AvgIpc) is 2.60. The van der Waals surface area contributed by atoms with Crippen molar-refractivity contribution in [3.63, 3.8) is 0 Å². The maximum Gasteiger partial charge on any atom is 0.180 e. The Balaban J connectivity index is 1.89. The molecule has 1 fully saturated rings. The first-order valence-corrected chi connectivity index (χ1v) is 9.25. The number of ketones is 1. The highest BCUT2D eigenvalue weighted by Crippen LogP contribution is 2.39. The third-order valence-electron chi connectivity index (χ3n) is 4.96. The van der Waals surface area contributed by atoms with Crippen molar-refractivity contribution in [2.75, 3.05) is 0 Å². The summed E-state index contributed by atoms with van der Waals surface area (Å²) in [6.45, 7) is 14.9. The lowest BCUT2D eigenvalue weighted by molar-refractivity contribution is -0.134. The Labute approximate surface area is 157 Å². The average molecular weight is 354 g/mol. The summed E-state index contributed by atoms with van der Waals surface area (Å²) in [5, 5.41) is 3.16. The molecule has 0 saturated heterocycles. The van der Waals surface area contributed by atoms with Crippen LogP contribution in [0.5, 0.6) is 0 Å². The summed E-state index contributed by atoms with van der Waals surface area (Å²) in [4.78, 5) is 11.9. The Morgan fingerprint density at radius 3 is 2.42 bits per heavy atom. The van der Waals surface area contributed by atoms with E-state index in [0.717, 1.165) is 5.56 Å². The van der Waals surface area contributed by atoms with Crippen LogP contribution in [0, 0.1) is 11.3 Å². The van der Waals surface area contributed by atoms with Gasteiger partial charge in [0.1, 0.15) is 6.61 Å². The van der Waals surface area contributed by atoms with Gasteiger partial charge in [-0.15, -0.1) is 0 Å². The molecule has 2 rings (SSSR count). The lowest BCUT2D eigenvalue weighted by atomic mass is 9.64. The third kappa shape index (κ3) is 4.87. The quantitative estimate of drug-likeness (QED) is 0.537. The van der Waals surface area contributed by atoms with Crippen LogP contribution >= 0.6 is 0 Å². The number of hydrogen-bond acceptors (Lipinski definition) is 3. The van der Waals surface area contributed by atoms with Crippen LogP contribution in [0.25, 0.3) is 5.57 Å². The molecule has 1 saturated carbocycles. The summed E-state index contributed by atoms with van der Waals surface area (Å²) in [6.07, 6.45) is 6.86. The number of benzene rings is 1. The van der Waals surface area contributed by atoms with Crippen molar-refractivity contribution in [2.24, 2.45) is 11.3 Å². The minimum absolute atomic E-state index is 0.0964. The van der Waals surface area contributed by atoms with E-state index in [9.17, 15) is 4.79 Å². The molecule has 3 nitrogen and oxygen atoms in total. The van der Waals surface area contributed by atoms with Gasteiger partial charge in [-0.05, 0) is 48.5 Å². The predicted octanol–water partition coefficient (Wildman–Crippen LogP) is 5.25. The first-order valence-electron chi connectivity index (χ1n) is 9.25. The van der Waals surface area contributed by atoms with Crippen LogP contribution in [-0.4, -0.2) is 11.8 Å². The standard InChI is InChI=1S/C23H31NO2/c1-7-9-18(8-2)19-12-10-17(11-13-19)15-26-16(3)24-22-20(14-21(22)25)23(4,5)6/h7-13,20,22,24H,3,14-15H2,1-2,4-6H3/b9-7-,18-8+. The lowest BCUT2D eigenvalue weighted by Crippen LogP contribution is -2.56. The van der Waals surface area contributed by atoms with Crippen LogP contribution in [-0.2, 0) is 16.1 Å². The van der Waals surface area contributed by atoms with Crippen molar-refractivity contribution in [2.45, 2.75) is 53.7 Å². The molecule has 1 aliphatic rings. The zero-order valence-corrected chi connectivity index (χ0v) is 16.6. The van der Waals surface area contributed by atoms with Gasteiger partial charge in [-0.1, -0.05) is 63.3 Å². The summed E-state index contributed by atoms with van der Waals surface area (Å²) in [6, 6.07) is 8.12. The third-order valence-corrected chi connectivity index (χ3v) is 4.96. The fourth-order valence-electron chi connectivity index (χ4n) is 3.23. The van der Waals surface area contributed by atoms with E-state index in [1.165, 1.54) is 11.1 Å². The molecule has 140 valence electrons. The molecule has 0 aromatic heterocycles. The fraction of sp³-hybridized carbons (Fsp3) is 0.435. The molecule has 2 atom stereocenters. The zero-order valence-electron chi connectivity index (χ0n) is 16.6. The molecular formula is C23H31NO2. The second-order valence-electron chi connectivity index (χ2n) is 7.92. The van der Waals surface area contributed by atoms with Crippen LogP contribution in [0.4, 0.5) is 0 Å². The number of rotatable bonds is 7. The summed E-state index contributed by atoms with van der Waals surface area (Å²) >= 11 is 0. The minimum atomic E-state index is -0.178. The van der Waals surface area contributed by atoms with E-state index in [2.05, 4.69) is 69.1 Å². The second-order valence-corrected chi connectivity index (χ2v) is 7.92. The normalized spacial score (nSPS) is 20.8. The largest absolute Gasteiger partial charge is 0.475 e. The first-order chi connectivity index (χ1) is 12.3. The fourth-order valence-corrected chi connectivity index (χ4v) is 3.23. The Bertz CT molecular complexity index is 705. The van der Waals surface area contributed by atoms with Gasteiger partial charge in [0.15, 0.2) is 11.7 Å². The Morgan fingerprint density at radius 1 is 1.27 bits per heavy atom. The maximum absolute atomic E-state index is 11.9. The lowest BCUT2D eigenvalue weighted by Gasteiger charge is -2.44. The smallest absolute Gasteiger partial charge is 0.180 e. The van der Waals surface area contributed by atoms with Crippen molar-refractivity contribution in [3.05, 3.63) is 66.1 Å². The van der Waals surface area contributed by atoms with Gasteiger partial charge < -0.3 is 10.1 Å². The number of allylic oxidation sites excluding steroid dienone is 4. The molecule has 0 heterocycles. The first kappa shape index (κ1) is 20.0. The summed E-state index contributed by atoms with van der Waals surface area (Å²) in [5.74, 6) is 1.02. The van der Waals surface area contributed by atoms with E-state index in [1.807, 2.05) is 19.9 Å². The molecule has 0 amide bonds. The SMILES string of the molecule is C=C(NC1C(=O)CC1C(C)(C)C)OCc1ccc(C(/C=C\C)=C/C)cc1. The Morgan fingerprint density at radius 2 is 1.92 bits per heavy atom. The van der Waals surface area contributed by atoms with E-state index in [4.69, 9.17) is 4.74 Å². The Hall–Kier alpha value is -2.29. The van der Waals surface area contributed by atoms with E-state index in [0.29, 0.717) is 24.8 Å². The molecule has 1 N–H and O–H groups in total. The highest BCUT2D eigenvalue weighted by Gasteiger charge is 2.46. The topological polar surface area (TPSA) is 38.3 Å². The zero-order chi connectivity index (χ0) is 19.3. The molecule has 1 aliphatic carbocycles. The molecule has 0 radical (unpaired) electrons. The molecule has 1 aromatic carbocycles. The van der Waals surface area contributed by atoms with Gasteiger partial charge in [-0.2, -0.15) is 0 Å². The van der Waals surface area contributed by atoms with E-state index in [1.54, 1.807) is 0 Å². The van der Waals surface area contributed by atoms with Gasteiger partial charge in [-0.3, -0.25) is 4.79 Å². The number of nitrogens with one attached hydrogen (secondary N) is 1. The van der Waals surface area contributed by atoms with Crippen molar-refractivity contribution in [1.82, 2.24) is 5.32 Å². The van der Waals surface area contributed by atoms with Gasteiger partial charge in [0.2, 0.25) is 0 Å². The molecule has 2 unspecified atom stereocenters. The van der Waals surface area contributed by atoms with Crippen molar-refractivity contribution < 1.29 is 9.53 Å². The van der Waals surface area contributed by atoms with Crippen molar-refractivity contribution in [3.8, 4) is 0 Å². The monoisotopic (exact) mass is 353 g/mol. The number of hydrogen-bond donors (Lipinski definition) is 1. The molecular weight excluding hydrogens is 322 g/mol. The van der Waals surface area contributed by atoms with Crippen LogP contribution in [0.1, 0.15) is 52.2 Å². The van der Waals surface area contributed by atoms with E-state index in [-0.39, 0.29) is 17.2 Å². The van der Waals surface area contributed by atoms with Crippen molar-refractivity contribution in [1.29, 1.82) is 0 Å². The highest BCUT2D eigenvalue weighted by atomic mass is 16.5. The number of carbonyl (C=O) groups is 1. The number of Topliss-reactive ketones (excluding diaryl/α,β-unsaturated/α-hetero) is 1. The van der Waals surface area contributed by atoms with Crippen LogP contribution < -0.4 is 5.32 Å². The van der Waals surface area contributed by atoms with E-state index >= 15 is 0 Å². The van der Waals surface area contributed by atoms with Crippen molar-refractivity contribution >= 4 is 11.4 Å². The molecule has 0 bridgehead atoms. The predicted molar refractivity (Wildman–Crippen MR) is 108 cm³/mol. The van der Waals surface area contributed by atoms with Gasteiger partial charge in [-0.25, -0.2) is 0 Å². The number of carbonyl (C=O) groups excluding carboxylic acids is 1. The maximum atomic E-state index is 11.9. The summed E-state index contributed by atoms with van der Waals surface area (Å²) < 4.78 is 5.73. The van der Waals surface area contributed by atoms with Crippen LogP contribution in [0.15, 0.2) is 55.0 Å². The van der Waals surface area contributed by atoms with Crippen LogP contribution in [0.2, 0.25) is 0 Å². The second kappa shape index (κ2) is 8.39. The molecule has 1 aromatic rings. The van der Waals surface area contributed by atoms with E-state index < -0.39 is 0 Å². The molecule has 3 heteroatoms. The summed E-state index contributed by atoms with van der Waals surface area (Å²) in [5.41, 5.74) is 3.54. The van der Waals surface area contributed by atoms with Gasteiger partial charge in [0.25, 0.3) is 0 Å². The summed E-state index contributed by atoms with van der Waals surface area (Å²) in [7, 11) is 0. The highest BCUT2D eigenvalue weighted by molar-refractivity contribution is 5.91. The molecule has 26 heavy (non-hydrogen) atoms. The van der Waals surface area contributed by atoms with Gasteiger partial charge in [0, 0.05) is 6.42 Å². The molecule has 0 spiro atoms. The minimum Gasteiger partial charge on any atom is -0.475 e.